The average molecular weight is 412 g/mol. The summed E-state index contributed by atoms with van der Waals surface area (Å²) in [6.07, 6.45) is 2.25. The predicted molar refractivity (Wildman–Crippen MR) is 102 cm³/mol. The number of aromatic nitrogens is 1. The largest absolute Gasteiger partial charge is 0.356 e. The van der Waals surface area contributed by atoms with Crippen molar-refractivity contribution in [3.8, 4) is 0 Å². The van der Waals surface area contributed by atoms with Crippen molar-refractivity contribution in [2.45, 2.75) is 32.2 Å². The number of fused-ring (bicyclic) bond motifs is 1. The highest BCUT2D eigenvalue weighted by molar-refractivity contribution is 9.10. The SMILES string of the molecule is CCCS(=O)(=O)NC1CCN(c2ccc3cccc(Br)c3n2)CC1. The Morgan fingerprint density at radius 1 is 1.25 bits per heavy atom. The van der Waals surface area contributed by atoms with Crippen LogP contribution < -0.4 is 9.62 Å². The summed E-state index contributed by atoms with van der Waals surface area (Å²) in [5, 5.41) is 1.11. The molecule has 0 unspecified atom stereocenters. The number of benzene rings is 1. The van der Waals surface area contributed by atoms with Crippen LogP contribution in [0.3, 0.4) is 0 Å². The van der Waals surface area contributed by atoms with Gasteiger partial charge in [0.05, 0.1) is 11.3 Å². The number of halogens is 1. The van der Waals surface area contributed by atoms with E-state index in [0.29, 0.717) is 6.42 Å². The molecule has 0 atom stereocenters. The van der Waals surface area contributed by atoms with Gasteiger partial charge in [0.2, 0.25) is 10.0 Å². The van der Waals surface area contributed by atoms with Gasteiger partial charge in [0.15, 0.2) is 0 Å². The highest BCUT2D eigenvalue weighted by Gasteiger charge is 2.23. The van der Waals surface area contributed by atoms with Crippen molar-refractivity contribution in [2.75, 3.05) is 23.7 Å². The first-order chi connectivity index (χ1) is 11.5. The second kappa shape index (κ2) is 7.37. The highest BCUT2D eigenvalue weighted by Crippen LogP contribution is 2.26. The Morgan fingerprint density at radius 2 is 2.00 bits per heavy atom. The molecule has 1 N–H and O–H groups in total. The van der Waals surface area contributed by atoms with Gasteiger partial charge in [0.1, 0.15) is 5.82 Å². The molecule has 5 nitrogen and oxygen atoms in total. The minimum absolute atomic E-state index is 0.0324. The van der Waals surface area contributed by atoms with Gasteiger partial charge in [-0.3, -0.25) is 0 Å². The van der Waals surface area contributed by atoms with Crippen LogP contribution in [0.1, 0.15) is 26.2 Å². The van der Waals surface area contributed by atoms with Crippen molar-refractivity contribution in [1.82, 2.24) is 9.71 Å². The topological polar surface area (TPSA) is 62.3 Å². The number of nitrogens with zero attached hydrogens (tertiary/aromatic N) is 2. The smallest absolute Gasteiger partial charge is 0.211 e. The van der Waals surface area contributed by atoms with Crippen molar-refractivity contribution in [1.29, 1.82) is 0 Å². The lowest BCUT2D eigenvalue weighted by atomic mass is 10.1. The van der Waals surface area contributed by atoms with Crippen LogP contribution in [-0.4, -0.2) is 38.3 Å². The Morgan fingerprint density at radius 3 is 2.71 bits per heavy atom. The number of para-hydroxylation sites is 1. The fourth-order valence-corrected chi connectivity index (χ4v) is 4.95. The van der Waals surface area contributed by atoms with Gasteiger partial charge < -0.3 is 4.90 Å². The van der Waals surface area contributed by atoms with Crippen molar-refractivity contribution >= 4 is 42.7 Å². The molecule has 1 aromatic heterocycles. The van der Waals surface area contributed by atoms with Crippen LogP contribution in [0.15, 0.2) is 34.8 Å². The fraction of sp³-hybridized carbons (Fsp3) is 0.471. The Bertz CT molecular complexity index is 818. The van der Waals surface area contributed by atoms with Gasteiger partial charge in [-0.05, 0) is 53.4 Å². The van der Waals surface area contributed by atoms with Crippen LogP contribution in [0.4, 0.5) is 5.82 Å². The van der Waals surface area contributed by atoms with Crippen LogP contribution in [0, 0.1) is 0 Å². The standard InChI is InChI=1S/C17H22BrN3O2S/c1-2-12-24(22,23)20-14-8-10-21(11-9-14)16-7-6-13-4-3-5-15(18)17(13)19-16/h3-7,14,20H,2,8-12H2,1H3. The van der Waals surface area contributed by atoms with Gasteiger partial charge >= 0.3 is 0 Å². The average Bonchev–Trinajstić information content (AvgIpc) is 2.55. The quantitative estimate of drug-likeness (QED) is 0.819. The number of nitrogens with one attached hydrogen (secondary N) is 1. The monoisotopic (exact) mass is 411 g/mol. The molecule has 24 heavy (non-hydrogen) atoms. The summed E-state index contributed by atoms with van der Waals surface area (Å²) in [6.45, 7) is 3.50. The first-order valence-corrected chi connectivity index (χ1v) is 10.7. The van der Waals surface area contributed by atoms with Crippen LogP contribution >= 0.6 is 15.9 Å². The molecule has 130 valence electrons. The summed E-state index contributed by atoms with van der Waals surface area (Å²) in [5.41, 5.74) is 0.959. The van der Waals surface area contributed by atoms with E-state index in [-0.39, 0.29) is 11.8 Å². The lowest BCUT2D eigenvalue weighted by Gasteiger charge is -2.33. The number of rotatable bonds is 5. The zero-order valence-electron chi connectivity index (χ0n) is 13.7. The molecule has 0 spiro atoms. The van der Waals surface area contributed by atoms with E-state index in [0.717, 1.165) is 47.1 Å². The summed E-state index contributed by atoms with van der Waals surface area (Å²) in [4.78, 5) is 6.99. The highest BCUT2D eigenvalue weighted by atomic mass is 79.9. The maximum absolute atomic E-state index is 11.9. The molecule has 0 bridgehead atoms. The molecular weight excluding hydrogens is 390 g/mol. The van der Waals surface area contributed by atoms with E-state index in [1.165, 1.54) is 0 Å². The van der Waals surface area contributed by atoms with E-state index in [1.807, 2.05) is 31.2 Å². The molecule has 2 heterocycles. The predicted octanol–water partition coefficient (Wildman–Crippen LogP) is 3.30. The van der Waals surface area contributed by atoms with Gasteiger partial charge in [0, 0.05) is 29.0 Å². The summed E-state index contributed by atoms with van der Waals surface area (Å²) < 4.78 is 27.6. The Balaban J connectivity index is 1.68. The molecule has 0 radical (unpaired) electrons. The number of hydrogen-bond acceptors (Lipinski definition) is 4. The fourth-order valence-electron chi connectivity index (χ4n) is 3.08. The number of piperidine rings is 1. The molecule has 2 aromatic rings. The molecule has 0 aliphatic carbocycles. The number of anilines is 1. The number of hydrogen-bond donors (Lipinski definition) is 1. The molecule has 1 aromatic carbocycles. The first kappa shape index (κ1) is 17.6. The lowest BCUT2D eigenvalue weighted by molar-refractivity contribution is 0.458. The van der Waals surface area contributed by atoms with E-state index in [2.05, 4.69) is 31.6 Å². The maximum atomic E-state index is 11.9. The van der Waals surface area contributed by atoms with Gasteiger partial charge in [-0.1, -0.05) is 19.1 Å². The van der Waals surface area contributed by atoms with Gasteiger partial charge in [-0.15, -0.1) is 0 Å². The molecule has 7 heteroatoms. The number of pyridine rings is 1. The van der Waals surface area contributed by atoms with Crippen LogP contribution in [-0.2, 0) is 10.0 Å². The van der Waals surface area contributed by atoms with E-state index >= 15 is 0 Å². The summed E-state index contributed by atoms with van der Waals surface area (Å²) in [5.74, 6) is 1.15. The van der Waals surface area contributed by atoms with E-state index in [1.54, 1.807) is 0 Å². The summed E-state index contributed by atoms with van der Waals surface area (Å²) in [7, 11) is -3.14. The Labute approximate surface area is 151 Å². The minimum atomic E-state index is -3.14. The first-order valence-electron chi connectivity index (χ1n) is 8.29. The molecule has 0 amide bonds. The third-order valence-corrected chi connectivity index (χ3v) is 6.57. The second-order valence-electron chi connectivity index (χ2n) is 6.18. The molecule has 1 saturated heterocycles. The van der Waals surface area contributed by atoms with Gasteiger partial charge in [-0.25, -0.2) is 18.1 Å². The molecule has 1 aliphatic rings. The lowest BCUT2D eigenvalue weighted by Crippen LogP contribution is -2.45. The van der Waals surface area contributed by atoms with Crippen molar-refractivity contribution < 1.29 is 8.42 Å². The Hall–Kier alpha value is -1.18. The molecule has 0 saturated carbocycles. The number of sulfonamides is 1. The van der Waals surface area contributed by atoms with Crippen LogP contribution in [0.2, 0.25) is 0 Å². The van der Waals surface area contributed by atoms with Crippen LogP contribution in [0.5, 0.6) is 0 Å². The van der Waals surface area contributed by atoms with E-state index < -0.39 is 10.0 Å². The normalized spacial score (nSPS) is 16.7. The molecule has 1 aliphatic heterocycles. The van der Waals surface area contributed by atoms with E-state index in [9.17, 15) is 8.42 Å². The van der Waals surface area contributed by atoms with Gasteiger partial charge in [0.25, 0.3) is 0 Å². The molecule has 1 fully saturated rings. The summed E-state index contributed by atoms with van der Waals surface area (Å²) >= 11 is 3.55. The van der Waals surface area contributed by atoms with Crippen molar-refractivity contribution in [2.24, 2.45) is 0 Å². The molecule has 3 rings (SSSR count). The third kappa shape index (κ3) is 4.07. The minimum Gasteiger partial charge on any atom is -0.356 e. The van der Waals surface area contributed by atoms with Crippen molar-refractivity contribution in [3.05, 3.63) is 34.8 Å². The zero-order chi connectivity index (χ0) is 17.2. The molecular formula is C17H22BrN3O2S. The third-order valence-electron chi connectivity index (χ3n) is 4.29. The zero-order valence-corrected chi connectivity index (χ0v) is 16.1. The van der Waals surface area contributed by atoms with E-state index in [4.69, 9.17) is 4.98 Å². The Kier molecular flexibility index (Phi) is 5.42. The van der Waals surface area contributed by atoms with Crippen molar-refractivity contribution in [3.63, 3.8) is 0 Å². The maximum Gasteiger partial charge on any atom is 0.211 e. The van der Waals surface area contributed by atoms with Crippen LogP contribution in [0.25, 0.3) is 10.9 Å². The second-order valence-corrected chi connectivity index (χ2v) is 8.91. The summed E-state index contributed by atoms with van der Waals surface area (Å²) in [6, 6.07) is 10.2. The van der Waals surface area contributed by atoms with Gasteiger partial charge in [-0.2, -0.15) is 0 Å².